The van der Waals surface area contributed by atoms with Gasteiger partial charge in [-0.3, -0.25) is 4.79 Å². The molecule has 0 unspecified atom stereocenters. The third-order valence-electron chi connectivity index (χ3n) is 4.63. The molecule has 1 aliphatic heterocycles. The number of amides is 1. The predicted octanol–water partition coefficient (Wildman–Crippen LogP) is 2.52. The van der Waals surface area contributed by atoms with E-state index in [-0.39, 0.29) is 17.3 Å². The second-order valence-corrected chi connectivity index (χ2v) is 8.61. The highest BCUT2D eigenvalue weighted by Crippen LogP contribution is 2.22. The first-order valence-electron chi connectivity index (χ1n) is 9.07. The number of sulfonamides is 1. The van der Waals surface area contributed by atoms with Crippen molar-refractivity contribution < 1.29 is 17.6 Å². The van der Waals surface area contributed by atoms with Gasteiger partial charge in [0.05, 0.1) is 24.2 Å². The first-order valence-corrected chi connectivity index (χ1v) is 10.5. The van der Waals surface area contributed by atoms with Gasteiger partial charge in [-0.2, -0.15) is 4.31 Å². The second-order valence-electron chi connectivity index (χ2n) is 6.68. The molecule has 3 rings (SSSR count). The number of furan rings is 1. The lowest BCUT2D eigenvalue weighted by molar-refractivity contribution is -0.128. The molecule has 0 atom stereocenters. The molecule has 2 heterocycles. The number of likely N-dealkylation sites (N-methyl/N-ethyl adjacent to an activating group) is 1. The molecule has 1 aliphatic rings. The normalized spacial score (nSPS) is 15.4. The van der Waals surface area contributed by atoms with Crippen molar-refractivity contribution in [3.05, 3.63) is 48.4 Å². The lowest BCUT2D eigenvalue weighted by Gasteiger charge is -2.26. The Balaban J connectivity index is 1.61. The Morgan fingerprint density at radius 2 is 1.96 bits per heavy atom. The van der Waals surface area contributed by atoms with Crippen LogP contribution in [-0.4, -0.2) is 50.2 Å². The Hall–Kier alpha value is -2.32. The average Bonchev–Trinajstić information content (AvgIpc) is 3.20. The van der Waals surface area contributed by atoms with Crippen LogP contribution in [0.5, 0.6) is 0 Å². The molecular formula is C19H25N3O4S. The number of hydrogen-bond acceptors (Lipinski definition) is 5. The number of hydrogen-bond donors (Lipinski definition) is 1. The maximum Gasteiger partial charge on any atom is 0.243 e. The van der Waals surface area contributed by atoms with Gasteiger partial charge in [0.15, 0.2) is 0 Å². The SMILES string of the molecule is CN(Cc1ccco1)C(=O)CNc1cccc(S(=O)(=O)N2CCCCC2)c1. The highest BCUT2D eigenvalue weighted by molar-refractivity contribution is 7.89. The van der Waals surface area contributed by atoms with Crippen molar-refractivity contribution in [3.8, 4) is 0 Å². The van der Waals surface area contributed by atoms with E-state index in [1.807, 2.05) is 6.07 Å². The molecule has 0 radical (unpaired) electrons. The lowest BCUT2D eigenvalue weighted by atomic mass is 10.2. The summed E-state index contributed by atoms with van der Waals surface area (Å²) in [6.45, 7) is 1.59. The van der Waals surface area contributed by atoms with Gasteiger partial charge < -0.3 is 14.6 Å². The number of nitrogens with zero attached hydrogens (tertiary/aromatic N) is 2. The summed E-state index contributed by atoms with van der Waals surface area (Å²) in [6.07, 6.45) is 4.43. The summed E-state index contributed by atoms with van der Waals surface area (Å²) >= 11 is 0. The Labute approximate surface area is 160 Å². The van der Waals surface area contributed by atoms with Gasteiger partial charge in [0.2, 0.25) is 15.9 Å². The minimum absolute atomic E-state index is 0.0738. The molecule has 7 nitrogen and oxygen atoms in total. The molecule has 1 aromatic carbocycles. The minimum Gasteiger partial charge on any atom is -0.467 e. The monoisotopic (exact) mass is 391 g/mol. The fraction of sp³-hybridized carbons (Fsp3) is 0.421. The Bertz CT molecular complexity index is 859. The van der Waals surface area contributed by atoms with E-state index in [9.17, 15) is 13.2 Å². The highest BCUT2D eigenvalue weighted by Gasteiger charge is 2.26. The van der Waals surface area contributed by atoms with Crippen molar-refractivity contribution >= 4 is 21.6 Å². The molecule has 1 saturated heterocycles. The number of anilines is 1. The van der Waals surface area contributed by atoms with Crippen LogP contribution >= 0.6 is 0 Å². The second kappa shape index (κ2) is 8.58. The van der Waals surface area contributed by atoms with Crippen molar-refractivity contribution in [2.24, 2.45) is 0 Å². The summed E-state index contributed by atoms with van der Waals surface area (Å²) in [7, 11) is -1.79. The van der Waals surface area contributed by atoms with E-state index in [1.165, 1.54) is 4.31 Å². The van der Waals surface area contributed by atoms with Gasteiger partial charge in [-0.1, -0.05) is 12.5 Å². The van der Waals surface area contributed by atoms with E-state index in [2.05, 4.69) is 5.32 Å². The van der Waals surface area contributed by atoms with Gasteiger partial charge in [-0.05, 0) is 43.2 Å². The van der Waals surface area contributed by atoms with Gasteiger partial charge in [-0.15, -0.1) is 0 Å². The summed E-state index contributed by atoms with van der Waals surface area (Å²) in [5, 5.41) is 3.02. The third-order valence-corrected chi connectivity index (χ3v) is 6.52. The summed E-state index contributed by atoms with van der Waals surface area (Å²) in [5.74, 6) is 0.594. The zero-order chi connectivity index (χ0) is 19.3. The largest absolute Gasteiger partial charge is 0.467 e. The van der Waals surface area contributed by atoms with Gasteiger partial charge in [0, 0.05) is 25.8 Å². The zero-order valence-corrected chi connectivity index (χ0v) is 16.2. The molecule has 1 fully saturated rings. The Morgan fingerprint density at radius 3 is 2.67 bits per heavy atom. The average molecular weight is 391 g/mol. The topological polar surface area (TPSA) is 82.9 Å². The van der Waals surface area contributed by atoms with E-state index in [0.29, 0.717) is 31.1 Å². The smallest absolute Gasteiger partial charge is 0.243 e. The van der Waals surface area contributed by atoms with E-state index in [1.54, 1.807) is 48.5 Å². The quantitative estimate of drug-likeness (QED) is 0.784. The van der Waals surface area contributed by atoms with Crippen LogP contribution in [-0.2, 0) is 21.4 Å². The first-order chi connectivity index (χ1) is 13.0. The van der Waals surface area contributed by atoms with Crippen molar-refractivity contribution in [2.45, 2.75) is 30.7 Å². The molecule has 1 aromatic heterocycles. The molecule has 0 bridgehead atoms. The fourth-order valence-corrected chi connectivity index (χ4v) is 4.62. The lowest BCUT2D eigenvalue weighted by Crippen LogP contribution is -2.35. The van der Waals surface area contributed by atoms with E-state index >= 15 is 0 Å². The van der Waals surface area contributed by atoms with Crippen LogP contribution in [0.15, 0.2) is 52.0 Å². The molecule has 0 saturated carbocycles. The predicted molar refractivity (Wildman–Crippen MR) is 103 cm³/mol. The van der Waals surface area contributed by atoms with Crippen LogP contribution in [0.1, 0.15) is 25.0 Å². The molecule has 0 spiro atoms. The fourth-order valence-electron chi connectivity index (χ4n) is 3.06. The molecule has 8 heteroatoms. The number of benzene rings is 1. The first kappa shape index (κ1) is 19.4. The van der Waals surface area contributed by atoms with Crippen molar-refractivity contribution in [2.75, 3.05) is 32.0 Å². The number of piperidine rings is 1. The molecule has 1 N–H and O–H groups in total. The van der Waals surface area contributed by atoms with Crippen LogP contribution in [0.25, 0.3) is 0 Å². The van der Waals surface area contributed by atoms with Crippen LogP contribution in [0, 0.1) is 0 Å². The molecular weight excluding hydrogens is 366 g/mol. The van der Waals surface area contributed by atoms with E-state index < -0.39 is 10.0 Å². The zero-order valence-electron chi connectivity index (χ0n) is 15.4. The maximum atomic E-state index is 12.8. The van der Waals surface area contributed by atoms with Gasteiger partial charge >= 0.3 is 0 Å². The van der Waals surface area contributed by atoms with Crippen molar-refractivity contribution in [3.63, 3.8) is 0 Å². The van der Waals surface area contributed by atoms with Crippen LogP contribution in [0.2, 0.25) is 0 Å². The minimum atomic E-state index is -3.49. The summed E-state index contributed by atoms with van der Waals surface area (Å²) in [5.41, 5.74) is 0.604. The molecule has 0 aliphatic carbocycles. The summed E-state index contributed by atoms with van der Waals surface area (Å²) in [6, 6.07) is 10.2. The number of carbonyl (C=O) groups is 1. The standard InChI is InChI=1S/C19H25N3O4S/c1-21(15-17-8-6-12-26-17)19(23)14-20-16-7-5-9-18(13-16)27(24,25)22-10-3-2-4-11-22/h5-9,12-13,20H,2-4,10-11,14-15H2,1H3. The summed E-state index contributed by atoms with van der Waals surface area (Å²) in [4.78, 5) is 14.1. The van der Waals surface area contributed by atoms with Gasteiger partial charge in [0.1, 0.15) is 5.76 Å². The van der Waals surface area contributed by atoms with Crippen LogP contribution in [0.4, 0.5) is 5.69 Å². The van der Waals surface area contributed by atoms with Gasteiger partial charge in [0.25, 0.3) is 0 Å². The van der Waals surface area contributed by atoms with E-state index in [4.69, 9.17) is 4.42 Å². The highest BCUT2D eigenvalue weighted by atomic mass is 32.2. The van der Waals surface area contributed by atoms with Crippen LogP contribution < -0.4 is 5.32 Å². The maximum absolute atomic E-state index is 12.8. The molecule has 1 amide bonds. The molecule has 27 heavy (non-hydrogen) atoms. The number of rotatable bonds is 7. The number of carbonyl (C=O) groups excluding carboxylic acids is 1. The van der Waals surface area contributed by atoms with Crippen molar-refractivity contribution in [1.82, 2.24) is 9.21 Å². The van der Waals surface area contributed by atoms with E-state index in [0.717, 1.165) is 19.3 Å². The Kier molecular flexibility index (Phi) is 6.18. The molecule has 146 valence electrons. The van der Waals surface area contributed by atoms with Crippen molar-refractivity contribution in [1.29, 1.82) is 0 Å². The molecule has 2 aromatic rings. The third kappa shape index (κ3) is 4.90. The van der Waals surface area contributed by atoms with Gasteiger partial charge in [-0.25, -0.2) is 8.42 Å². The van der Waals surface area contributed by atoms with Crippen LogP contribution in [0.3, 0.4) is 0 Å². The summed E-state index contributed by atoms with van der Waals surface area (Å²) < 4.78 is 32.3. The Morgan fingerprint density at radius 1 is 1.19 bits per heavy atom. The number of nitrogens with one attached hydrogen (secondary N) is 1.